The number of anilines is 1. The minimum Gasteiger partial charge on any atom is -0.495 e. The maximum Gasteiger partial charge on any atom is 0.142 e. The number of hydrogen-bond acceptors (Lipinski definition) is 5. The van der Waals surface area contributed by atoms with Gasteiger partial charge in [-0.25, -0.2) is 0 Å². The molecule has 0 unspecified atom stereocenters. The molecule has 22 heavy (non-hydrogen) atoms. The molecule has 1 fully saturated rings. The Hall–Kier alpha value is -1.30. The fourth-order valence-electron chi connectivity index (χ4n) is 2.72. The van der Waals surface area contributed by atoms with Crippen LogP contribution in [0.1, 0.15) is 13.8 Å². The lowest BCUT2D eigenvalue weighted by atomic mass is 10.2. The summed E-state index contributed by atoms with van der Waals surface area (Å²) in [7, 11) is 1.71. The second kappa shape index (κ2) is 8.36. The van der Waals surface area contributed by atoms with Gasteiger partial charge in [-0.2, -0.15) is 0 Å². The number of aliphatic hydroxyl groups is 1. The second-order valence-corrected chi connectivity index (χ2v) is 6.00. The Kier molecular flexibility index (Phi) is 6.49. The zero-order chi connectivity index (χ0) is 15.9. The second-order valence-electron chi connectivity index (χ2n) is 6.00. The van der Waals surface area contributed by atoms with Crippen LogP contribution < -0.4 is 9.64 Å². The molecular weight excluding hydrogens is 280 g/mol. The molecule has 124 valence electrons. The summed E-state index contributed by atoms with van der Waals surface area (Å²) in [5.41, 5.74) is 1.15. The predicted molar refractivity (Wildman–Crippen MR) is 88.7 cm³/mol. The highest BCUT2D eigenvalue weighted by atomic mass is 16.5. The molecule has 5 heteroatoms. The number of nitrogens with zero attached hydrogens (tertiary/aromatic N) is 2. The maximum absolute atomic E-state index is 10.0. The number of ether oxygens (including phenoxy) is 2. The van der Waals surface area contributed by atoms with E-state index in [2.05, 4.69) is 15.9 Å². The van der Waals surface area contributed by atoms with E-state index in [0.29, 0.717) is 13.2 Å². The SMILES string of the molecule is COc1ccccc1N1CCN(C[C@@H](O)COC(C)C)CC1. The molecule has 1 aliphatic rings. The van der Waals surface area contributed by atoms with Gasteiger partial charge < -0.3 is 19.5 Å². The van der Waals surface area contributed by atoms with Gasteiger partial charge in [0, 0.05) is 32.7 Å². The number of benzene rings is 1. The van der Waals surface area contributed by atoms with E-state index in [0.717, 1.165) is 37.6 Å². The number of piperazine rings is 1. The third-order valence-electron chi connectivity index (χ3n) is 3.89. The fourth-order valence-corrected chi connectivity index (χ4v) is 2.72. The molecule has 0 radical (unpaired) electrons. The lowest BCUT2D eigenvalue weighted by molar-refractivity contribution is -0.00900. The van der Waals surface area contributed by atoms with Crippen molar-refractivity contribution < 1.29 is 14.6 Å². The van der Waals surface area contributed by atoms with Crippen LogP contribution in [0.5, 0.6) is 5.75 Å². The minimum absolute atomic E-state index is 0.164. The van der Waals surface area contributed by atoms with E-state index >= 15 is 0 Å². The van der Waals surface area contributed by atoms with E-state index < -0.39 is 6.10 Å². The summed E-state index contributed by atoms with van der Waals surface area (Å²) >= 11 is 0. The highest BCUT2D eigenvalue weighted by molar-refractivity contribution is 5.58. The van der Waals surface area contributed by atoms with Crippen LogP contribution in [0.2, 0.25) is 0 Å². The number of rotatable bonds is 7. The van der Waals surface area contributed by atoms with Gasteiger partial charge >= 0.3 is 0 Å². The Balaban J connectivity index is 1.80. The van der Waals surface area contributed by atoms with Gasteiger partial charge in [0.1, 0.15) is 5.75 Å². The van der Waals surface area contributed by atoms with Crippen molar-refractivity contribution in [3.63, 3.8) is 0 Å². The molecule has 0 spiro atoms. The summed E-state index contributed by atoms with van der Waals surface area (Å²) in [6.45, 7) is 8.82. The highest BCUT2D eigenvalue weighted by Gasteiger charge is 2.21. The molecule has 1 saturated heterocycles. The van der Waals surface area contributed by atoms with E-state index in [1.54, 1.807) is 7.11 Å². The van der Waals surface area contributed by atoms with Crippen molar-refractivity contribution in [1.29, 1.82) is 0 Å². The molecule has 0 aliphatic carbocycles. The third-order valence-corrected chi connectivity index (χ3v) is 3.89. The van der Waals surface area contributed by atoms with Crippen LogP contribution in [0.15, 0.2) is 24.3 Å². The van der Waals surface area contributed by atoms with Crippen molar-refractivity contribution in [2.45, 2.75) is 26.1 Å². The zero-order valence-electron chi connectivity index (χ0n) is 13.9. The molecule has 1 aromatic rings. The average molecular weight is 308 g/mol. The first kappa shape index (κ1) is 17.1. The van der Waals surface area contributed by atoms with Gasteiger partial charge in [0.15, 0.2) is 0 Å². The molecule has 1 atom stereocenters. The topological polar surface area (TPSA) is 45.2 Å². The molecule has 1 heterocycles. The van der Waals surface area contributed by atoms with E-state index in [9.17, 15) is 5.11 Å². The Labute approximate surface area is 133 Å². The van der Waals surface area contributed by atoms with Gasteiger partial charge in [-0.05, 0) is 26.0 Å². The molecular formula is C17H28N2O3. The van der Waals surface area contributed by atoms with Crippen LogP contribution in [0, 0.1) is 0 Å². The van der Waals surface area contributed by atoms with Crippen LogP contribution in [0.4, 0.5) is 5.69 Å². The number of β-amino-alcohol motifs (C(OH)–C–C–N with tert-alkyl or cyclic N) is 1. The van der Waals surface area contributed by atoms with Gasteiger partial charge in [-0.3, -0.25) is 4.90 Å². The van der Waals surface area contributed by atoms with Crippen molar-refractivity contribution in [1.82, 2.24) is 4.90 Å². The molecule has 1 aromatic carbocycles. The third kappa shape index (κ3) is 4.87. The van der Waals surface area contributed by atoms with Gasteiger partial charge in [0.2, 0.25) is 0 Å². The lowest BCUT2D eigenvalue weighted by Gasteiger charge is -2.37. The summed E-state index contributed by atoms with van der Waals surface area (Å²) in [6, 6.07) is 8.12. The van der Waals surface area contributed by atoms with Crippen molar-refractivity contribution in [2.24, 2.45) is 0 Å². The molecule has 0 bridgehead atoms. The van der Waals surface area contributed by atoms with Crippen LogP contribution in [0.3, 0.4) is 0 Å². The Bertz CT molecular complexity index is 445. The number of aliphatic hydroxyl groups excluding tert-OH is 1. The first-order valence-corrected chi connectivity index (χ1v) is 8.00. The summed E-state index contributed by atoms with van der Waals surface area (Å²) in [5.74, 6) is 0.918. The largest absolute Gasteiger partial charge is 0.495 e. The minimum atomic E-state index is -0.416. The van der Waals surface area contributed by atoms with E-state index in [1.165, 1.54) is 0 Å². The monoisotopic (exact) mass is 308 g/mol. The van der Waals surface area contributed by atoms with Gasteiger partial charge in [0.05, 0.1) is 31.6 Å². The number of para-hydroxylation sites is 2. The fraction of sp³-hybridized carbons (Fsp3) is 0.647. The smallest absolute Gasteiger partial charge is 0.142 e. The van der Waals surface area contributed by atoms with Crippen molar-refractivity contribution >= 4 is 5.69 Å². The van der Waals surface area contributed by atoms with Crippen LogP contribution in [0.25, 0.3) is 0 Å². The van der Waals surface area contributed by atoms with E-state index in [1.807, 2.05) is 32.0 Å². The normalized spacial score (nSPS) is 17.8. The first-order chi connectivity index (χ1) is 10.6. The van der Waals surface area contributed by atoms with Crippen molar-refractivity contribution in [3.05, 3.63) is 24.3 Å². The molecule has 1 N–H and O–H groups in total. The lowest BCUT2D eigenvalue weighted by Crippen LogP contribution is -2.49. The molecule has 5 nitrogen and oxygen atoms in total. The van der Waals surface area contributed by atoms with Crippen molar-refractivity contribution in [3.8, 4) is 5.75 Å². The van der Waals surface area contributed by atoms with Crippen molar-refractivity contribution in [2.75, 3.05) is 51.3 Å². The predicted octanol–water partition coefficient (Wildman–Crippen LogP) is 1.60. The molecule has 0 amide bonds. The van der Waals surface area contributed by atoms with E-state index in [-0.39, 0.29) is 6.10 Å². The van der Waals surface area contributed by atoms with Crippen LogP contribution in [-0.2, 0) is 4.74 Å². The Morgan fingerprint density at radius 1 is 1.14 bits per heavy atom. The van der Waals surface area contributed by atoms with Crippen LogP contribution in [-0.4, -0.2) is 68.7 Å². The highest BCUT2D eigenvalue weighted by Crippen LogP contribution is 2.28. The quantitative estimate of drug-likeness (QED) is 0.829. The Morgan fingerprint density at radius 3 is 2.45 bits per heavy atom. The molecule has 0 aromatic heterocycles. The summed E-state index contributed by atoms with van der Waals surface area (Å²) in [4.78, 5) is 4.63. The first-order valence-electron chi connectivity index (χ1n) is 8.00. The molecule has 1 aliphatic heterocycles. The standard InChI is InChI=1S/C17H28N2O3/c1-14(2)22-13-15(20)12-18-8-10-19(11-9-18)16-6-4-5-7-17(16)21-3/h4-7,14-15,20H,8-13H2,1-3H3/t15-/m1/s1. The zero-order valence-corrected chi connectivity index (χ0v) is 13.9. The van der Waals surface area contributed by atoms with Crippen LogP contribution >= 0.6 is 0 Å². The summed E-state index contributed by atoms with van der Waals surface area (Å²) in [5, 5.41) is 10.0. The average Bonchev–Trinajstić information content (AvgIpc) is 2.53. The maximum atomic E-state index is 10.0. The summed E-state index contributed by atoms with van der Waals surface area (Å²) < 4.78 is 10.9. The summed E-state index contributed by atoms with van der Waals surface area (Å²) in [6.07, 6.45) is -0.253. The number of methoxy groups -OCH3 is 1. The molecule has 2 rings (SSSR count). The Morgan fingerprint density at radius 2 is 1.82 bits per heavy atom. The van der Waals surface area contributed by atoms with Gasteiger partial charge in [-0.15, -0.1) is 0 Å². The number of hydrogen-bond donors (Lipinski definition) is 1. The van der Waals surface area contributed by atoms with Gasteiger partial charge in [0.25, 0.3) is 0 Å². The molecule has 0 saturated carbocycles. The van der Waals surface area contributed by atoms with Gasteiger partial charge in [-0.1, -0.05) is 12.1 Å². The van der Waals surface area contributed by atoms with E-state index in [4.69, 9.17) is 9.47 Å².